The molecule has 1 aromatic heterocycles. The molecule has 2 N–H and O–H groups in total. The van der Waals surface area contributed by atoms with Crippen LogP contribution in [-0.4, -0.2) is 46.5 Å². The van der Waals surface area contributed by atoms with E-state index in [-0.39, 0.29) is 6.61 Å². The Balaban J connectivity index is 2.28. The fraction of sp³-hybridized carbons (Fsp3) is 0.800. The Morgan fingerprint density at radius 1 is 1.62 bits per heavy atom. The minimum Gasteiger partial charge on any atom is -0.396 e. The van der Waals surface area contributed by atoms with Crippen LogP contribution in [0.3, 0.4) is 0 Å². The van der Waals surface area contributed by atoms with Gasteiger partial charge in [0.2, 0.25) is 0 Å². The number of nitrogens with zero attached hydrogens (tertiary/aromatic N) is 3. The lowest BCUT2D eigenvalue weighted by molar-refractivity contribution is 0.171. The van der Waals surface area contributed by atoms with Crippen LogP contribution in [0, 0.1) is 0 Å². The summed E-state index contributed by atoms with van der Waals surface area (Å²) in [7, 11) is 1.68. The Kier molecular flexibility index (Phi) is 5.99. The van der Waals surface area contributed by atoms with Gasteiger partial charge in [0, 0.05) is 39.0 Å². The van der Waals surface area contributed by atoms with Crippen molar-refractivity contribution in [2.45, 2.75) is 32.5 Å². The molecule has 1 unspecified atom stereocenters. The van der Waals surface area contributed by atoms with Gasteiger partial charge in [0.05, 0.1) is 12.3 Å². The molecule has 1 aromatic rings. The maximum atomic E-state index is 8.68. The third-order valence-corrected chi connectivity index (χ3v) is 2.18. The van der Waals surface area contributed by atoms with Gasteiger partial charge in [0.25, 0.3) is 0 Å². The molecule has 92 valence electrons. The van der Waals surface area contributed by atoms with E-state index in [4.69, 9.17) is 9.84 Å². The number of hydrogen-bond acceptors (Lipinski definition) is 5. The van der Waals surface area contributed by atoms with Gasteiger partial charge in [-0.15, -0.1) is 5.10 Å². The molecule has 0 amide bonds. The van der Waals surface area contributed by atoms with Crippen molar-refractivity contribution in [2.75, 3.05) is 20.3 Å². The molecule has 0 aliphatic rings. The average Bonchev–Trinajstić information content (AvgIpc) is 2.72. The molecule has 0 aromatic carbocycles. The number of ether oxygens (including phenoxy) is 1. The van der Waals surface area contributed by atoms with E-state index in [1.165, 1.54) is 0 Å². The molecule has 0 bridgehead atoms. The zero-order chi connectivity index (χ0) is 11.8. The molecular weight excluding hydrogens is 208 g/mol. The van der Waals surface area contributed by atoms with E-state index >= 15 is 0 Å². The van der Waals surface area contributed by atoms with Crippen molar-refractivity contribution in [3.05, 3.63) is 11.9 Å². The Hall–Kier alpha value is -0.980. The second-order valence-corrected chi connectivity index (χ2v) is 3.79. The first-order valence-corrected chi connectivity index (χ1v) is 5.48. The third kappa shape index (κ3) is 4.69. The first-order valence-electron chi connectivity index (χ1n) is 5.48. The minimum absolute atomic E-state index is 0.179. The fourth-order valence-corrected chi connectivity index (χ4v) is 1.35. The molecule has 0 radical (unpaired) electrons. The first kappa shape index (κ1) is 13.1. The van der Waals surface area contributed by atoms with Gasteiger partial charge in [0.1, 0.15) is 0 Å². The van der Waals surface area contributed by atoms with Crippen LogP contribution in [0.25, 0.3) is 0 Å². The molecular formula is C10H20N4O2. The standard InChI is InChI=1S/C10H20N4O2/c1-9(8-16-2)11-6-10-7-14(13-12-10)4-3-5-15/h7,9,11,15H,3-6,8H2,1-2H3. The van der Waals surface area contributed by atoms with E-state index in [2.05, 4.69) is 22.6 Å². The summed E-state index contributed by atoms with van der Waals surface area (Å²) in [6, 6.07) is 0.299. The first-order chi connectivity index (χ1) is 7.76. The van der Waals surface area contributed by atoms with Gasteiger partial charge in [-0.05, 0) is 13.3 Å². The average molecular weight is 228 g/mol. The van der Waals surface area contributed by atoms with E-state index in [0.717, 1.165) is 5.69 Å². The van der Waals surface area contributed by atoms with Gasteiger partial charge in [0.15, 0.2) is 0 Å². The van der Waals surface area contributed by atoms with Crippen LogP contribution in [0.4, 0.5) is 0 Å². The Morgan fingerprint density at radius 2 is 2.44 bits per heavy atom. The van der Waals surface area contributed by atoms with E-state index in [0.29, 0.717) is 32.2 Å². The molecule has 6 heteroatoms. The number of aryl methyl sites for hydroxylation is 1. The number of nitrogens with one attached hydrogen (secondary N) is 1. The molecule has 1 heterocycles. The third-order valence-electron chi connectivity index (χ3n) is 2.18. The minimum atomic E-state index is 0.179. The number of aliphatic hydroxyl groups excluding tert-OH is 1. The van der Waals surface area contributed by atoms with E-state index < -0.39 is 0 Å². The second kappa shape index (κ2) is 7.32. The van der Waals surface area contributed by atoms with Crippen LogP contribution in [0.5, 0.6) is 0 Å². The number of aliphatic hydroxyl groups is 1. The van der Waals surface area contributed by atoms with Gasteiger partial charge in [-0.1, -0.05) is 5.21 Å². The molecule has 0 saturated heterocycles. The lowest BCUT2D eigenvalue weighted by atomic mass is 10.3. The van der Waals surface area contributed by atoms with E-state index in [1.807, 2.05) is 6.20 Å². The van der Waals surface area contributed by atoms with Gasteiger partial charge in [-0.2, -0.15) is 0 Å². The lowest BCUT2D eigenvalue weighted by Gasteiger charge is -2.10. The highest BCUT2D eigenvalue weighted by Crippen LogP contribution is 1.95. The van der Waals surface area contributed by atoms with Gasteiger partial charge >= 0.3 is 0 Å². The van der Waals surface area contributed by atoms with Crippen LogP contribution >= 0.6 is 0 Å². The number of aromatic nitrogens is 3. The largest absolute Gasteiger partial charge is 0.396 e. The molecule has 0 aliphatic heterocycles. The molecule has 0 aliphatic carbocycles. The highest BCUT2D eigenvalue weighted by molar-refractivity contribution is 4.91. The smallest absolute Gasteiger partial charge is 0.0964 e. The molecule has 0 spiro atoms. The summed E-state index contributed by atoms with van der Waals surface area (Å²) in [6.07, 6.45) is 2.60. The SMILES string of the molecule is COCC(C)NCc1cn(CCCO)nn1. The highest BCUT2D eigenvalue weighted by Gasteiger charge is 2.03. The Bertz CT molecular complexity index is 290. The summed E-state index contributed by atoms with van der Waals surface area (Å²) < 4.78 is 6.76. The Labute approximate surface area is 95.6 Å². The molecule has 6 nitrogen and oxygen atoms in total. The predicted octanol–water partition coefficient (Wildman–Crippen LogP) is -0.215. The van der Waals surface area contributed by atoms with Crippen molar-refractivity contribution in [3.63, 3.8) is 0 Å². The lowest BCUT2D eigenvalue weighted by Crippen LogP contribution is -2.29. The quantitative estimate of drug-likeness (QED) is 0.644. The number of methoxy groups -OCH3 is 1. The monoisotopic (exact) mass is 228 g/mol. The topological polar surface area (TPSA) is 72.2 Å². The second-order valence-electron chi connectivity index (χ2n) is 3.79. The molecule has 1 atom stereocenters. The van der Waals surface area contributed by atoms with Gasteiger partial charge in [-0.25, -0.2) is 0 Å². The van der Waals surface area contributed by atoms with Crippen LogP contribution in [0.2, 0.25) is 0 Å². The van der Waals surface area contributed by atoms with Crippen molar-refractivity contribution in [3.8, 4) is 0 Å². The summed E-state index contributed by atoms with van der Waals surface area (Å²) in [5.41, 5.74) is 0.904. The molecule has 0 saturated carbocycles. The molecule has 16 heavy (non-hydrogen) atoms. The Morgan fingerprint density at radius 3 is 3.12 bits per heavy atom. The fourth-order valence-electron chi connectivity index (χ4n) is 1.35. The van der Waals surface area contributed by atoms with Crippen molar-refractivity contribution in [2.24, 2.45) is 0 Å². The van der Waals surface area contributed by atoms with E-state index in [9.17, 15) is 0 Å². The number of hydrogen-bond donors (Lipinski definition) is 2. The van der Waals surface area contributed by atoms with Crippen molar-refractivity contribution in [1.29, 1.82) is 0 Å². The maximum Gasteiger partial charge on any atom is 0.0964 e. The summed E-state index contributed by atoms with van der Waals surface area (Å²) in [5, 5.41) is 20.0. The van der Waals surface area contributed by atoms with Crippen LogP contribution in [0.15, 0.2) is 6.20 Å². The summed E-state index contributed by atoms with van der Waals surface area (Å²) in [4.78, 5) is 0. The zero-order valence-electron chi connectivity index (χ0n) is 9.89. The van der Waals surface area contributed by atoms with E-state index in [1.54, 1.807) is 11.8 Å². The maximum absolute atomic E-state index is 8.68. The number of rotatable bonds is 8. The zero-order valence-corrected chi connectivity index (χ0v) is 9.89. The van der Waals surface area contributed by atoms with Crippen molar-refractivity contribution in [1.82, 2.24) is 20.3 Å². The molecule has 0 fully saturated rings. The highest BCUT2D eigenvalue weighted by atomic mass is 16.5. The van der Waals surface area contributed by atoms with Crippen LogP contribution < -0.4 is 5.32 Å². The summed E-state index contributed by atoms with van der Waals surface area (Å²) >= 11 is 0. The predicted molar refractivity (Wildman–Crippen MR) is 59.9 cm³/mol. The van der Waals surface area contributed by atoms with Crippen molar-refractivity contribution >= 4 is 0 Å². The van der Waals surface area contributed by atoms with Crippen molar-refractivity contribution < 1.29 is 9.84 Å². The van der Waals surface area contributed by atoms with Crippen LogP contribution in [0.1, 0.15) is 19.0 Å². The normalized spacial score (nSPS) is 12.9. The molecule has 1 rings (SSSR count). The summed E-state index contributed by atoms with van der Waals surface area (Å²) in [5.74, 6) is 0. The van der Waals surface area contributed by atoms with Gasteiger partial charge in [-0.3, -0.25) is 4.68 Å². The van der Waals surface area contributed by atoms with Gasteiger partial charge < -0.3 is 15.2 Å². The summed E-state index contributed by atoms with van der Waals surface area (Å²) in [6.45, 7) is 4.30. The van der Waals surface area contributed by atoms with Crippen LogP contribution in [-0.2, 0) is 17.8 Å².